The van der Waals surface area contributed by atoms with Crippen molar-refractivity contribution in [1.29, 1.82) is 0 Å². The van der Waals surface area contributed by atoms with E-state index in [2.05, 4.69) is 17.5 Å². The van der Waals surface area contributed by atoms with Crippen molar-refractivity contribution >= 4 is 11.8 Å². The summed E-state index contributed by atoms with van der Waals surface area (Å²) in [5.41, 5.74) is 2.24. The van der Waals surface area contributed by atoms with Crippen LogP contribution in [0.5, 0.6) is 0 Å². The lowest BCUT2D eigenvalue weighted by atomic mass is 9.83. The maximum absolute atomic E-state index is 12.5. The predicted octanol–water partition coefficient (Wildman–Crippen LogP) is 2.76. The predicted molar refractivity (Wildman–Crippen MR) is 84.5 cm³/mol. The minimum atomic E-state index is -0.868. The Balaban J connectivity index is 1.59. The van der Waals surface area contributed by atoms with Crippen LogP contribution < -0.4 is 5.32 Å². The fourth-order valence-electron chi connectivity index (χ4n) is 3.62. The van der Waals surface area contributed by atoms with E-state index in [1.54, 1.807) is 0 Å². The summed E-state index contributed by atoms with van der Waals surface area (Å²) in [4.78, 5) is 23.4. The molecule has 3 aliphatic rings. The van der Waals surface area contributed by atoms with Crippen molar-refractivity contribution in [2.75, 3.05) is 0 Å². The van der Waals surface area contributed by atoms with Crippen LogP contribution in [0.1, 0.15) is 44.9 Å². The zero-order valence-corrected chi connectivity index (χ0v) is 12.8. The van der Waals surface area contributed by atoms with Crippen molar-refractivity contribution in [3.8, 4) is 0 Å². The second kappa shape index (κ2) is 6.61. The summed E-state index contributed by atoms with van der Waals surface area (Å²) < 4.78 is 0. The van der Waals surface area contributed by atoms with Gasteiger partial charge in [0.1, 0.15) is 6.04 Å². The number of carbonyl (C=O) groups excluding carboxylic acids is 1. The molecular weight excluding hydrogens is 278 g/mol. The molecule has 0 spiro atoms. The van der Waals surface area contributed by atoms with Gasteiger partial charge in [-0.3, -0.25) is 14.9 Å². The highest BCUT2D eigenvalue weighted by molar-refractivity contribution is 6.02. The normalized spacial score (nSPS) is 31.5. The molecule has 118 valence electrons. The fourth-order valence-corrected chi connectivity index (χ4v) is 3.62. The van der Waals surface area contributed by atoms with Gasteiger partial charge in [0.25, 0.3) is 0 Å². The van der Waals surface area contributed by atoms with Gasteiger partial charge in [0.15, 0.2) is 5.78 Å². The first kappa shape index (κ1) is 15.2. The molecule has 4 nitrogen and oxygen atoms in total. The number of ketones is 1. The lowest BCUT2D eigenvalue weighted by molar-refractivity contribution is -0.139. The highest BCUT2D eigenvalue weighted by Crippen LogP contribution is 2.31. The van der Waals surface area contributed by atoms with Gasteiger partial charge in [0.2, 0.25) is 0 Å². The van der Waals surface area contributed by atoms with E-state index < -0.39 is 12.0 Å². The maximum Gasteiger partial charge on any atom is 0.320 e. The quantitative estimate of drug-likeness (QED) is 0.784. The molecule has 0 bridgehead atoms. The Morgan fingerprint density at radius 1 is 1.14 bits per heavy atom. The number of Topliss-reactive ketones (excluding diaryl/α,β-unsaturated/α-hetero) is 1. The number of nitrogens with one attached hydrogen (secondary N) is 1. The van der Waals surface area contributed by atoms with Gasteiger partial charge in [-0.1, -0.05) is 29.9 Å². The van der Waals surface area contributed by atoms with Gasteiger partial charge in [-0.15, -0.1) is 0 Å². The van der Waals surface area contributed by atoms with Crippen molar-refractivity contribution in [3.05, 3.63) is 35.5 Å². The molecule has 0 aromatic heterocycles. The molecule has 3 atom stereocenters. The molecule has 0 saturated carbocycles. The molecule has 0 amide bonds. The molecule has 1 fully saturated rings. The summed E-state index contributed by atoms with van der Waals surface area (Å²) in [6.45, 7) is 0. The van der Waals surface area contributed by atoms with Crippen molar-refractivity contribution in [2.24, 2.45) is 5.92 Å². The SMILES string of the molecule is O=C(O)C1CCC(C(=O)C2=CCC(C3=CCCCC3)C=C2)N1. The second-order valence-electron chi connectivity index (χ2n) is 6.44. The second-order valence-corrected chi connectivity index (χ2v) is 6.44. The van der Waals surface area contributed by atoms with Gasteiger partial charge in [-0.25, -0.2) is 0 Å². The van der Waals surface area contributed by atoms with Crippen molar-refractivity contribution in [3.63, 3.8) is 0 Å². The highest BCUT2D eigenvalue weighted by atomic mass is 16.4. The van der Waals surface area contributed by atoms with Crippen LogP contribution in [-0.4, -0.2) is 28.9 Å². The fraction of sp³-hybridized carbons (Fsp3) is 0.556. The number of carboxylic acid groups (broad SMARTS) is 1. The van der Waals surface area contributed by atoms with Gasteiger partial charge >= 0.3 is 5.97 Å². The number of carbonyl (C=O) groups is 2. The maximum atomic E-state index is 12.5. The summed E-state index contributed by atoms with van der Waals surface area (Å²) >= 11 is 0. The summed E-state index contributed by atoms with van der Waals surface area (Å²) in [6.07, 6.45) is 15.4. The summed E-state index contributed by atoms with van der Waals surface area (Å²) in [6, 6.07) is -0.926. The number of hydrogen-bond acceptors (Lipinski definition) is 3. The third-order valence-electron chi connectivity index (χ3n) is 4.95. The Hall–Kier alpha value is -1.68. The molecule has 4 heteroatoms. The Kier molecular flexibility index (Phi) is 4.57. The minimum absolute atomic E-state index is 0.0380. The lowest BCUT2D eigenvalue weighted by Crippen LogP contribution is -2.40. The molecule has 0 radical (unpaired) electrons. The van der Waals surface area contributed by atoms with E-state index in [0.717, 1.165) is 12.0 Å². The molecule has 0 aromatic rings. The van der Waals surface area contributed by atoms with Crippen molar-refractivity contribution < 1.29 is 14.7 Å². The zero-order chi connectivity index (χ0) is 15.5. The molecule has 0 aromatic carbocycles. The molecule has 3 unspecified atom stereocenters. The van der Waals surface area contributed by atoms with Gasteiger partial charge in [0.05, 0.1) is 6.04 Å². The molecule has 22 heavy (non-hydrogen) atoms. The third kappa shape index (κ3) is 3.22. The zero-order valence-electron chi connectivity index (χ0n) is 12.8. The van der Waals surface area contributed by atoms with E-state index >= 15 is 0 Å². The van der Waals surface area contributed by atoms with Crippen molar-refractivity contribution in [2.45, 2.75) is 57.0 Å². The number of carboxylic acids is 1. The van der Waals surface area contributed by atoms with Crippen LogP contribution in [-0.2, 0) is 9.59 Å². The van der Waals surface area contributed by atoms with Crippen LogP contribution in [0.15, 0.2) is 35.5 Å². The third-order valence-corrected chi connectivity index (χ3v) is 4.95. The molecule has 1 heterocycles. The topological polar surface area (TPSA) is 66.4 Å². The first-order chi connectivity index (χ1) is 10.6. The monoisotopic (exact) mass is 301 g/mol. The number of hydrogen-bond donors (Lipinski definition) is 2. The average molecular weight is 301 g/mol. The number of rotatable bonds is 4. The van der Waals surface area contributed by atoms with E-state index in [-0.39, 0.29) is 11.8 Å². The first-order valence-electron chi connectivity index (χ1n) is 8.25. The molecule has 1 aliphatic heterocycles. The highest BCUT2D eigenvalue weighted by Gasteiger charge is 2.34. The summed E-state index contributed by atoms with van der Waals surface area (Å²) in [5.74, 6) is -0.385. The van der Waals surface area contributed by atoms with Crippen LogP contribution in [0.4, 0.5) is 0 Å². The Morgan fingerprint density at radius 2 is 1.95 bits per heavy atom. The number of allylic oxidation sites excluding steroid dienone is 5. The van der Waals surface area contributed by atoms with Crippen molar-refractivity contribution in [1.82, 2.24) is 5.32 Å². The molecule has 3 rings (SSSR count). The smallest absolute Gasteiger partial charge is 0.320 e. The Morgan fingerprint density at radius 3 is 2.55 bits per heavy atom. The van der Waals surface area contributed by atoms with E-state index in [9.17, 15) is 9.59 Å². The van der Waals surface area contributed by atoms with Crippen LogP contribution in [0.3, 0.4) is 0 Å². The average Bonchev–Trinajstić information content (AvgIpc) is 3.05. The molecule has 2 aliphatic carbocycles. The van der Waals surface area contributed by atoms with Crippen LogP contribution in [0.2, 0.25) is 0 Å². The van der Waals surface area contributed by atoms with Gasteiger partial charge in [0, 0.05) is 11.5 Å². The van der Waals surface area contributed by atoms with E-state index in [1.807, 2.05) is 12.2 Å². The largest absolute Gasteiger partial charge is 0.480 e. The Labute approximate surface area is 131 Å². The van der Waals surface area contributed by atoms with Crippen LogP contribution in [0, 0.1) is 5.92 Å². The standard InChI is InChI=1S/C18H23NO3/c20-17(15-10-11-16(19-15)18(21)22)14-8-6-13(7-9-14)12-4-2-1-3-5-12/h4,6,8-9,13,15-16,19H,1-3,5,7,10-11H2,(H,21,22). The van der Waals surface area contributed by atoms with Crippen LogP contribution >= 0.6 is 0 Å². The first-order valence-corrected chi connectivity index (χ1v) is 8.25. The van der Waals surface area contributed by atoms with E-state index in [4.69, 9.17) is 5.11 Å². The number of aliphatic carboxylic acids is 1. The Bertz CT molecular complexity index is 559. The van der Waals surface area contributed by atoms with Gasteiger partial charge in [-0.2, -0.15) is 0 Å². The minimum Gasteiger partial charge on any atom is -0.480 e. The summed E-state index contributed by atoms with van der Waals surface area (Å²) in [5, 5.41) is 11.9. The molecular formula is C18H23NO3. The molecule has 1 saturated heterocycles. The molecule has 2 N–H and O–H groups in total. The van der Waals surface area contributed by atoms with E-state index in [1.165, 1.54) is 31.3 Å². The van der Waals surface area contributed by atoms with Crippen LogP contribution in [0.25, 0.3) is 0 Å². The summed E-state index contributed by atoms with van der Waals surface area (Å²) in [7, 11) is 0. The van der Waals surface area contributed by atoms with Gasteiger partial charge < -0.3 is 5.11 Å². The lowest BCUT2D eigenvalue weighted by Gasteiger charge is -2.22. The van der Waals surface area contributed by atoms with Gasteiger partial charge in [-0.05, 0) is 44.9 Å². The van der Waals surface area contributed by atoms with E-state index in [0.29, 0.717) is 18.8 Å².